The number of nitrogens with one attached hydrogen (secondary N) is 1. The molecule has 0 aromatic heterocycles. The van der Waals surface area contributed by atoms with E-state index in [1.165, 1.54) is 0 Å². The van der Waals surface area contributed by atoms with Crippen molar-refractivity contribution >= 4 is 11.8 Å². The number of nitrogens with zero attached hydrogens (tertiary/aromatic N) is 1. The van der Waals surface area contributed by atoms with Gasteiger partial charge in [-0.15, -0.1) is 0 Å². The van der Waals surface area contributed by atoms with Crippen LogP contribution in [0.3, 0.4) is 0 Å². The van der Waals surface area contributed by atoms with Crippen molar-refractivity contribution in [1.29, 1.82) is 0 Å². The number of benzene rings is 2. The topological polar surface area (TPSA) is 75.4 Å². The lowest BCUT2D eigenvalue weighted by Crippen LogP contribution is -2.32. The van der Waals surface area contributed by atoms with Crippen LogP contribution in [0.2, 0.25) is 0 Å². The molecule has 1 fully saturated rings. The van der Waals surface area contributed by atoms with E-state index in [0.29, 0.717) is 24.2 Å². The Hall–Kier alpha value is -2.66. The molecular formula is C19H21N3O2. The fourth-order valence-electron chi connectivity index (χ4n) is 3.17. The maximum absolute atomic E-state index is 12.8. The quantitative estimate of drug-likeness (QED) is 0.901. The second-order valence-corrected chi connectivity index (χ2v) is 6.05. The van der Waals surface area contributed by atoms with E-state index in [0.717, 1.165) is 5.56 Å². The summed E-state index contributed by atoms with van der Waals surface area (Å²) in [6.07, 6.45) is 0. The van der Waals surface area contributed by atoms with Gasteiger partial charge < -0.3 is 16.0 Å². The first kappa shape index (κ1) is 16.2. The molecule has 0 radical (unpaired) electrons. The minimum absolute atomic E-state index is 0.0847. The zero-order valence-corrected chi connectivity index (χ0v) is 13.6. The molecule has 0 spiro atoms. The fourth-order valence-corrected chi connectivity index (χ4v) is 3.17. The number of hydrogen-bond donors (Lipinski definition) is 2. The van der Waals surface area contributed by atoms with Crippen LogP contribution in [-0.2, 0) is 0 Å². The van der Waals surface area contributed by atoms with Crippen LogP contribution in [-0.4, -0.2) is 42.9 Å². The molecule has 2 aromatic rings. The van der Waals surface area contributed by atoms with Crippen molar-refractivity contribution in [2.45, 2.75) is 12.0 Å². The smallest absolute Gasteiger partial charge is 0.253 e. The summed E-state index contributed by atoms with van der Waals surface area (Å²) in [5.74, 6) is -0.156. The third kappa shape index (κ3) is 3.16. The SMILES string of the molecule is CNC(=O)c1cccc(C(=O)N2C[C@@H](N)[C@H](c3ccccc3)C2)c1. The van der Waals surface area contributed by atoms with Gasteiger partial charge in [-0.2, -0.15) is 0 Å². The van der Waals surface area contributed by atoms with Crippen LogP contribution in [0.4, 0.5) is 0 Å². The van der Waals surface area contributed by atoms with Gasteiger partial charge in [0, 0.05) is 43.2 Å². The molecule has 1 aliphatic rings. The third-order valence-electron chi connectivity index (χ3n) is 4.48. The molecule has 3 N–H and O–H groups in total. The van der Waals surface area contributed by atoms with E-state index in [4.69, 9.17) is 5.73 Å². The van der Waals surface area contributed by atoms with Gasteiger partial charge in [0.1, 0.15) is 0 Å². The number of amides is 2. The van der Waals surface area contributed by atoms with Gasteiger partial charge in [0.15, 0.2) is 0 Å². The summed E-state index contributed by atoms with van der Waals surface area (Å²) in [7, 11) is 1.57. The first-order chi connectivity index (χ1) is 11.6. The third-order valence-corrected chi connectivity index (χ3v) is 4.48. The molecule has 24 heavy (non-hydrogen) atoms. The standard InChI is InChI=1S/C19H21N3O2/c1-21-18(23)14-8-5-9-15(10-14)19(24)22-11-16(17(20)12-22)13-6-3-2-4-7-13/h2-10,16-17H,11-12,20H2,1H3,(H,21,23)/t16-,17+/m0/s1. The minimum atomic E-state index is -0.204. The van der Waals surface area contributed by atoms with E-state index in [2.05, 4.69) is 5.32 Å². The second kappa shape index (κ2) is 6.84. The van der Waals surface area contributed by atoms with Crippen molar-refractivity contribution in [3.8, 4) is 0 Å². The number of carbonyl (C=O) groups excluding carboxylic acids is 2. The van der Waals surface area contributed by atoms with Crippen molar-refractivity contribution in [2.24, 2.45) is 5.73 Å². The van der Waals surface area contributed by atoms with Crippen molar-refractivity contribution in [2.75, 3.05) is 20.1 Å². The largest absolute Gasteiger partial charge is 0.355 e. The van der Waals surface area contributed by atoms with Gasteiger partial charge in [-0.1, -0.05) is 36.4 Å². The Kier molecular flexibility index (Phi) is 4.62. The van der Waals surface area contributed by atoms with Gasteiger partial charge in [-0.05, 0) is 23.8 Å². The predicted molar refractivity (Wildman–Crippen MR) is 92.9 cm³/mol. The number of nitrogens with two attached hydrogens (primary N) is 1. The molecule has 0 aliphatic carbocycles. The molecule has 1 saturated heterocycles. The van der Waals surface area contributed by atoms with Crippen LogP contribution in [0.5, 0.6) is 0 Å². The maximum atomic E-state index is 12.8. The van der Waals surface area contributed by atoms with Gasteiger partial charge in [0.05, 0.1) is 0 Å². The Morgan fingerprint density at radius 1 is 1.04 bits per heavy atom. The van der Waals surface area contributed by atoms with E-state index in [9.17, 15) is 9.59 Å². The minimum Gasteiger partial charge on any atom is -0.355 e. The number of carbonyl (C=O) groups is 2. The average molecular weight is 323 g/mol. The van der Waals surface area contributed by atoms with E-state index >= 15 is 0 Å². The summed E-state index contributed by atoms with van der Waals surface area (Å²) < 4.78 is 0. The average Bonchev–Trinajstić information content (AvgIpc) is 3.03. The van der Waals surface area contributed by atoms with Crippen LogP contribution in [0.1, 0.15) is 32.2 Å². The van der Waals surface area contributed by atoms with E-state index in [1.54, 1.807) is 36.2 Å². The monoisotopic (exact) mass is 323 g/mol. The molecule has 5 heteroatoms. The maximum Gasteiger partial charge on any atom is 0.253 e. The van der Waals surface area contributed by atoms with E-state index in [-0.39, 0.29) is 23.8 Å². The first-order valence-electron chi connectivity index (χ1n) is 8.02. The normalized spacial score (nSPS) is 20.0. The highest BCUT2D eigenvalue weighted by Crippen LogP contribution is 2.27. The lowest BCUT2D eigenvalue weighted by Gasteiger charge is -2.17. The highest BCUT2D eigenvalue weighted by Gasteiger charge is 2.34. The summed E-state index contributed by atoms with van der Waals surface area (Å²) in [6.45, 7) is 1.11. The van der Waals surface area contributed by atoms with Crippen LogP contribution in [0, 0.1) is 0 Å². The predicted octanol–water partition coefficient (Wildman–Crippen LogP) is 1.61. The molecule has 2 atom stereocenters. The van der Waals surface area contributed by atoms with Crippen LogP contribution in [0.15, 0.2) is 54.6 Å². The zero-order valence-electron chi connectivity index (χ0n) is 13.6. The lowest BCUT2D eigenvalue weighted by molar-refractivity contribution is 0.0789. The molecular weight excluding hydrogens is 302 g/mol. The van der Waals surface area contributed by atoms with E-state index < -0.39 is 0 Å². The number of rotatable bonds is 3. The summed E-state index contributed by atoms with van der Waals surface area (Å²) in [5, 5.41) is 2.57. The molecule has 1 heterocycles. The van der Waals surface area contributed by atoms with Crippen molar-refractivity contribution in [3.05, 3.63) is 71.3 Å². The van der Waals surface area contributed by atoms with Crippen LogP contribution in [0.25, 0.3) is 0 Å². The highest BCUT2D eigenvalue weighted by atomic mass is 16.2. The van der Waals surface area contributed by atoms with Gasteiger partial charge in [-0.25, -0.2) is 0 Å². The Bertz CT molecular complexity index is 745. The van der Waals surface area contributed by atoms with Crippen molar-refractivity contribution in [3.63, 3.8) is 0 Å². The van der Waals surface area contributed by atoms with Gasteiger partial charge >= 0.3 is 0 Å². The van der Waals surface area contributed by atoms with E-state index in [1.807, 2.05) is 30.3 Å². The summed E-state index contributed by atoms with van der Waals surface area (Å²) >= 11 is 0. The fraction of sp³-hybridized carbons (Fsp3) is 0.263. The van der Waals surface area contributed by atoms with Crippen LogP contribution >= 0.6 is 0 Å². The lowest BCUT2D eigenvalue weighted by atomic mass is 9.95. The van der Waals surface area contributed by atoms with Crippen LogP contribution < -0.4 is 11.1 Å². The molecule has 5 nitrogen and oxygen atoms in total. The molecule has 0 bridgehead atoms. The molecule has 3 rings (SSSR count). The molecule has 2 aromatic carbocycles. The zero-order chi connectivity index (χ0) is 17.1. The van der Waals surface area contributed by atoms with Gasteiger partial charge in [0.25, 0.3) is 11.8 Å². The van der Waals surface area contributed by atoms with Gasteiger partial charge in [-0.3, -0.25) is 9.59 Å². The van der Waals surface area contributed by atoms with Crippen molar-refractivity contribution < 1.29 is 9.59 Å². The molecule has 2 amide bonds. The Morgan fingerprint density at radius 3 is 2.46 bits per heavy atom. The summed E-state index contributed by atoms with van der Waals surface area (Å²) in [5.41, 5.74) is 8.40. The van der Waals surface area contributed by atoms with Gasteiger partial charge in [0.2, 0.25) is 0 Å². The highest BCUT2D eigenvalue weighted by molar-refractivity contribution is 5.99. The number of likely N-dealkylation sites (tertiary alicyclic amines) is 1. The summed E-state index contributed by atoms with van der Waals surface area (Å²) in [4.78, 5) is 26.3. The molecule has 0 unspecified atom stereocenters. The Balaban J connectivity index is 1.78. The molecule has 124 valence electrons. The first-order valence-corrected chi connectivity index (χ1v) is 8.02. The Labute approximate surface area is 141 Å². The molecule has 1 aliphatic heterocycles. The Morgan fingerprint density at radius 2 is 1.75 bits per heavy atom. The molecule has 0 saturated carbocycles. The number of hydrogen-bond acceptors (Lipinski definition) is 3. The van der Waals surface area contributed by atoms with Crippen molar-refractivity contribution in [1.82, 2.24) is 10.2 Å². The second-order valence-electron chi connectivity index (χ2n) is 6.05. The summed E-state index contributed by atoms with van der Waals surface area (Å²) in [6, 6.07) is 16.7.